The van der Waals surface area contributed by atoms with Crippen LogP contribution in [0.5, 0.6) is 0 Å². The van der Waals surface area contributed by atoms with E-state index in [1.54, 1.807) is 11.3 Å². The summed E-state index contributed by atoms with van der Waals surface area (Å²) in [6.45, 7) is 2.18. The summed E-state index contributed by atoms with van der Waals surface area (Å²) in [6, 6.07) is 4.10. The van der Waals surface area contributed by atoms with Gasteiger partial charge < -0.3 is 5.11 Å². The molecule has 0 radical (unpaired) electrons. The third kappa shape index (κ3) is 1.42. The first-order chi connectivity index (χ1) is 6.27. The second kappa shape index (κ2) is 3.43. The summed E-state index contributed by atoms with van der Waals surface area (Å²) in [5, 5.41) is 12.6. The van der Waals surface area contributed by atoms with Gasteiger partial charge in [-0.1, -0.05) is 19.4 Å². The standard InChI is InChI=1S/C11H16OS/c1-2-9-5-3-7-11(9,12)10-6-4-8-13-10/h4,6,8-9,12H,2-3,5,7H2,1H3. The highest BCUT2D eigenvalue weighted by molar-refractivity contribution is 7.10. The molecule has 13 heavy (non-hydrogen) atoms. The van der Waals surface area contributed by atoms with E-state index in [4.69, 9.17) is 0 Å². The second-order valence-electron chi connectivity index (χ2n) is 3.90. The molecule has 1 aliphatic carbocycles. The van der Waals surface area contributed by atoms with E-state index in [0.29, 0.717) is 5.92 Å². The highest BCUT2D eigenvalue weighted by atomic mass is 32.1. The van der Waals surface area contributed by atoms with Crippen LogP contribution in [0, 0.1) is 5.92 Å². The molecule has 1 aromatic heterocycles. The van der Waals surface area contributed by atoms with Crippen LogP contribution >= 0.6 is 11.3 Å². The van der Waals surface area contributed by atoms with E-state index in [9.17, 15) is 5.11 Å². The van der Waals surface area contributed by atoms with Gasteiger partial charge in [-0.05, 0) is 36.6 Å². The van der Waals surface area contributed by atoms with Crippen LogP contribution in [-0.4, -0.2) is 5.11 Å². The van der Waals surface area contributed by atoms with Gasteiger partial charge in [-0.3, -0.25) is 0 Å². The lowest BCUT2D eigenvalue weighted by Gasteiger charge is -2.28. The van der Waals surface area contributed by atoms with Crippen LogP contribution in [-0.2, 0) is 5.60 Å². The molecule has 0 aliphatic heterocycles. The molecule has 1 fully saturated rings. The largest absolute Gasteiger partial charge is 0.384 e. The molecule has 2 heteroatoms. The second-order valence-corrected chi connectivity index (χ2v) is 4.85. The Morgan fingerprint density at radius 3 is 3.15 bits per heavy atom. The monoisotopic (exact) mass is 196 g/mol. The number of thiophene rings is 1. The van der Waals surface area contributed by atoms with E-state index in [1.807, 2.05) is 6.07 Å². The fourth-order valence-corrected chi connectivity index (χ4v) is 3.39. The van der Waals surface area contributed by atoms with Crippen molar-refractivity contribution in [2.45, 2.75) is 38.2 Å². The Kier molecular flexibility index (Phi) is 2.43. The molecule has 1 N–H and O–H groups in total. The molecule has 1 nitrogen and oxygen atoms in total. The Bertz CT molecular complexity index is 268. The van der Waals surface area contributed by atoms with Crippen molar-refractivity contribution < 1.29 is 5.11 Å². The van der Waals surface area contributed by atoms with Crippen molar-refractivity contribution in [1.82, 2.24) is 0 Å². The molecule has 1 aliphatic rings. The van der Waals surface area contributed by atoms with Gasteiger partial charge in [-0.15, -0.1) is 11.3 Å². The van der Waals surface area contributed by atoms with Crippen LogP contribution in [0.3, 0.4) is 0 Å². The molecular formula is C11H16OS. The molecule has 2 atom stereocenters. The first-order valence-corrected chi connectivity index (χ1v) is 5.91. The Hall–Kier alpha value is -0.340. The van der Waals surface area contributed by atoms with Gasteiger partial charge in [0.15, 0.2) is 0 Å². The van der Waals surface area contributed by atoms with Crippen molar-refractivity contribution in [2.24, 2.45) is 5.92 Å². The highest BCUT2D eigenvalue weighted by Gasteiger charge is 2.41. The fourth-order valence-electron chi connectivity index (χ4n) is 2.45. The van der Waals surface area contributed by atoms with E-state index in [-0.39, 0.29) is 0 Å². The molecule has 0 bridgehead atoms. The van der Waals surface area contributed by atoms with Crippen molar-refractivity contribution in [2.75, 3.05) is 0 Å². The van der Waals surface area contributed by atoms with E-state index in [1.165, 1.54) is 12.8 Å². The Balaban J connectivity index is 2.29. The van der Waals surface area contributed by atoms with Crippen LogP contribution < -0.4 is 0 Å². The lowest BCUT2D eigenvalue weighted by atomic mass is 9.87. The lowest BCUT2D eigenvalue weighted by Crippen LogP contribution is -2.28. The summed E-state index contributed by atoms with van der Waals surface area (Å²) in [4.78, 5) is 1.16. The van der Waals surface area contributed by atoms with Crippen LogP contribution in [0.2, 0.25) is 0 Å². The molecule has 2 rings (SSSR count). The molecule has 0 spiro atoms. The maximum absolute atomic E-state index is 10.5. The van der Waals surface area contributed by atoms with Crippen LogP contribution in [0.1, 0.15) is 37.5 Å². The smallest absolute Gasteiger partial charge is 0.102 e. The van der Waals surface area contributed by atoms with Gasteiger partial charge in [-0.2, -0.15) is 0 Å². The Morgan fingerprint density at radius 1 is 1.69 bits per heavy atom. The molecule has 72 valence electrons. The van der Waals surface area contributed by atoms with E-state index >= 15 is 0 Å². The molecular weight excluding hydrogens is 180 g/mol. The average Bonchev–Trinajstić information content (AvgIpc) is 2.72. The summed E-state index contributed by atoms with van der Waals surface area (Å²) in [5.41, 5.74) is -0.497. The predicted molar refractivity (Wildman–Crippen MR) is 55.8 cm³/mol. The van der Waals surface area contributed by atoms with E-state index < -0.39 is 5.60 Å². The van der Waals surface area contributed by atoms with Crippen LogP contribution in [0.15, 0.2) is 17.5 Å². The molecule has 1 heterocycles. The van der Waals surface area contributed by atoms with Crippen molar-refractivity contribution in [3.8, 4) is 0 Å². The Labute approximate surface area is 83.4 Å². The van der Waals surface area contributed by atoms with Gasteiger partial charge in [0, 0.05) is 4.88 Å². The minimum Gasteiger partial charge on any atom is -0.384 e. The lowest BCUT2D eigenvalue weighted by molar-refractivity contribution is -0.000340. The summed E-state index contributed by atoms with van der Waals surface area (Å²) in [7, 11) is 0. The number of hydrogen-bond donors (Lipinski definition) is 1. The number of rotatable bonds is 2. The van der Waals surface area contributed by atoms with Gasteiger partial charge in [0.1, 0.15) is 5.60 Å². The number of aliphatic hydroxyl groups is 1. The molecule has 2 unspecified atom stereocenters. The topological polar surface area (TPSA) is 20.2 Å². The zero-order chi connectivity index (χ0) is 9.31. The average molecular weight is 196 g/mol. The highest BCUT2D eigenvalue weighted by Crippen LogP contribution is 2.46. The van der Waals surface area contributed by atoms with Gasteiger partial charge >= 0.3 is 0 Å². The zero-order valence-electron chi connectivity index (χ0n) is 7.99. The van der Waals surface area contributed by atoms with Gasteiger partial charge in [0.25, 0.3) is 0 Å². The summed E-state index contributed by atoms with van der Waals surface area (Å²) < 4.78 is 0. The van der Waals surface area contributed by atoms with Crippen molar-refractivity contribution in [1.29, 1.82) is 0 Å². The molecule has 0 saturated heterocycles. The predicted octanol–water partition coefficient (Wildman–Crippen LogP) is 3.15. The number of hydrogen-bond acceptors (Lipinski definition) is 2. The maximum Gasteiger partial charge on any atom is 0.102 e. The fraction of sp³-hybridized carbons (Fsp3) is 0.636. The van der Waals surface area contributed by atoms with Gasteiger partial charge in [-0.25, -0.2) is 0 Å². The quantitative estimate of drug-likeness (QED) is 0.770. The molecule has 0 aromatic carbocycles. The minimum absolute atomic E-state index is 0.478. The maximum atomic E-state index is 10.5. The summed E-state index contributed by atoms with van der Waals surface area (Å²) >= 11 is 1.69. The zero-order valence-corrected chi connectivity index (χ0v) is 8.81. The van der Waals surface area contributed by atoms with E-state index in [2.05, 4.69) is 18.4 Å². The molecule has 1 saturated carbocycles. The van der Waals surface area contributed by atoms with Gasteiger partial charge in [0.05, 0.1) is 0 Å². The van der Waals surface area contributed by atoms with Crippen LogP contribution in [0.4, 0.5) is 0 Å². The normalized spacial score (nSPS) is 33.8. The SMILES string of the molecule is CCC1CCCC1(O)c1cccs1. The summed E-state index contributed by atoms with van der Waals surface area (Å²) in [5.74, 6) is 0.478. The third-order valence-electron chi connectivity index (χ3n) is 3.23. The summed E-state index contributed by atoms with van der Waals surface area (Å²) in [6.07, 6.45) is 4.40. The van der Waals surface area contributed by atoms with Crippen LogP contribution in [0.25, 0.3) is 0 Å². The first-order valence-electron chi connectivity index (χ1n) is 5.03. The third-order valence-corrected chi connectivity index (χ3v) is 4.26. The molecule has 1 aromatic rings. The Morgan fingerprint density at radius 2 is 2.54 bits per heavy atom. The van der Waals surface area contributed by atoms with Crippen molar-refractivity contribution in [3.63, 3.8) is 0 Å². The molecule has 0 amide bonds. The first kappa shape index (κ1) is 9.22. The van der Waals surface area contributed by atoms with Crippen molar-refractivity contribution in [3.05, 3.63) is 22.4 Å². The van der Waals surface area contributed by atoms with E-state index in [0.717, 1.165) is 17.7 Å². The van der Waals surface area contributed by atoms with Crippen molar-refractivity contribution >= 4 is 11.3 Å². The van der Waals surface area contributed by atoms with Gasteiger partial charge in [0.2, 0.25) is 0 Å². The minimum atomic E-state index is -0.497.